The summed E-state index contributed by atoms with van der Waals surface area (Å²) in [6.45, 7) is 16.1. The van der Waals surface area contributed by atoms with Crippen molar-refractivity contribution in [1.82, 2.24) is 14.9 Å². The smallest absolute Gasteiger partial charge is 0.410 e. The zero-order valence-corrected chi connectivity index (χ0v) is 23.0. The van der Waals surface area contributed by atoms with Crippen LogP contribution in [-0.2, 0) is 15.9 Å². The van der Waals surface area contributed by atoms with Gasteiger partial charge < -0.3 is 25.0 Å². The highest BCUT2D eigenvalue weighted by Crippen LogP contribution is 2.28. The van der Waals surface area contributed by atoms with Crippen molar-refractivity contribution in [1.29, 1.82) is 0 Å². The Labute approximate surface area is 201 Å². The third-order valence-corrected chi connectivity index (χ3v) is 7.61. The Bertz CT molecular complexity index is 755. The minimum Gasteiger partial charge on any atom is -0.444 e. The number of carbonyl (C=O) groups excluding carboxylic acids is 1. The van der Waals surface area contributed by atoms with E-state index in [-0.39, 0.29) is 12.1 Å². The van der Waals surface area contributed by atoms with Crippen molar-refractivity contribution in [2.45, 2.75) is 103 Å². The van der Waals surface area contributed by atoms with Crippen LogP contribution in [0, 0.1) is 0 Å². The number of nitrogens with one attached hydrogen (secondary N) is 2. The molecule has 0 radical (unpaired) electrons. The zero-order chi connectivity index (χ0) is 24.6. The van der Waals surface area contributed by atoms with Gasteiger partial charge in [-0.15, -0.1) is 0 Å². The van der Waals surface area contributed by atoms with Gasteiger partial charge in [-0.3, -0.25) is 0 Å². The van der Waals surface area contributed by atoms with Gasteiger partial charge in [0.05, 0.1) is 0 Å². The lowest BCUT2D eigenvalue weighted by Gasteiger charge is -2.36. The number of amides is 1. The van der Waals surface area contributed by atoms with E-state index in [1.54, 1.807) is 11.2 Å². The van der Waals surface area contributed by atoms with Gasteiger partial charge >= 0.3 is 6.09 Å². The fraction of sp³-hybridized carbons (Fsp3) is 0.792. The number of nitrogens with zero attached hydrogens (tertiary/aromatic N) is 3. The number of rotatable bonds is 10. The first-order valence-corrected chi connectivity index (χ1v) is 16.0. The number of ether oxygens (including phenoxy) is 2. The first-order chi connectivity index (χ1) is 15.4. The highest BCUT2D eigenvalue weighted by atomic mass is 28.3. The monoisotopic (exact) mass is 479 g/mol. The van der Waals surface area contributed by atoms with Crippen LogP contribution in [0.2, 0.25) is 25.7 Å². The number of carbonyl (C=O) groups is 1. The van der Waals surface area contributed by atoms with Gasteiger partial charge in [-0.2, -0.15) is 0 Å². The minimum atomic E-state index is -1.08. The van der Waals surface area contributed by atoms with Gasteiger partial charge in [0, 0.05) is 39.4 Å². The van der Waals surface area contributed by atoms with Gasteiger partial charge in [0.15, 0.2) is 0 Å². The molecule has 2 rings (SSSR count). The van der Waals surface area contributed by atoms with Crippen molar-refractivity contribution in [2.75, 3.05) is 31.0 Å². The number of anilines is 2. The molecule has 1 aliphatic rings. The first kappa shape index (κ1) is 27.4. The van der Waals surface area contributed by atoms with E-state index in [1.807, 2.05) is 27.8 Å². The van der Waals surface area contributed by atoms with E-state index < -0.39 is 13.7 Å². The van der Waals surface area contributed by atoms with Crippen LogP contribution in [0.25, 0.3) is 0 Å². The molecule has 2 N–H and O–H groups in total. The van der Waals surface area contributed by atoms with Crippen molar-refractivity contribution < 1.29 is 14.3 Å². The summed E-state index contributed by atoms with van der Waals surface area (Å²) in [5.74, 6) is 1.72. The van der Waals surface area contributed by atoms with Crippen LogP contribution in [-0.4, -0.2) is 67.1 Å². The zero-order valence-electron chi connectivity index (χ0n) is 22.0. The highest BCUT2D eigenvalue weighted by molar-refractivity contribution is 6.76. The molecule has 9 heteroatoms. The van der Waals surface area contributed by atoms with E-state index in [0.717, 1.165) is 62.0 Å². The summed E-state index contributed by atoms with van der Waals surface area (Å²) < 4.78 is 11.3. The standard InChI is InChI=1S/C24H45N5O3Si/c1-9-20-21(27-17-31-14-15-33(6,7)8)25-16-26-22(20)28-18-10-12-19(13-11-18)29(5)23(30)32-24(2,3)4/h16,18-19H,9-15,17H2,1-8H3,(H2,25,26,27,28)/t18-,19-. The molecule has 0 atom stereocenters. The van der Waals surface area contributed by atoms with Gasteiger partial charge in [0.2, 0.25) is 0 Å². The van der Waals surface area contributed by atoms with Crippen molar-refractivity contribution in [2.24, 2.45) is 0 Å². The summed E-state index contributed by atoms with van der Waals surface area (Å²) in [4.78, 5) is 23.1. The molecule has 1 saturated carbocycles. The quantitative estimate of drug-likeness (QED) is 0.265. The molecule has 0 unspecified atom stereocenters. The Kier molecular flexibility index (Phi) is 9.96. The molecule has 1 amide bonds. The maximum Gasteiger partial charge on any atom is 0.410 e. The predicted molar refractivity (Wildman–Crippen MR) is 138 cm³/mol. The maximum atomic E-state index is 12.4. The lowest BCUT2D eigenvalue weighted by molar-refractivity contribution is 0.0185. The molecule has 0 aliphatic heterocycles. The summed E-state index contributed by atoms with van der Waals surface area (Å²) in [6.07, 6.45) is 6.03. The summed E-state index contributed by atoms with van der Waals surface area (Å²) in [5, 5.41) is 6.95. The summed E-state index contributed by atoms with van der Waals surface area (Å²) >= 11 is 0. The summed E-state index contributed by atoms with van der Waals surface area (Å²) in [7, 11) is 0.758. The van der Waals surface area contributed by atoms with Crippen LogP contribution < -0.4 is 10.6 Å². The first-order valence-electron chi connectivity index (χ1n) is 12.3. The van der Waals surface area contributed by atoms with Gasteiger partial charge in [0.25, 0.3) is 0 Å². The Morgan fingerprint density at radius 2 is 1.79 bits per heavy atom. The Hall–Kier alpha value is -1.87. The lowest BCUT2D eigenvalue weighted by atomic mass is 9.90. The van der Waals surface area contributed by atoms with Crippen LogP contribution in [0.15, 0.2) is 6.33 Å². The van der Waals surface area contributed by atoms with Crippen molar-refractivity contribution >= 4 is 25.8 Å². The summed E-state index contributed by atoms with van der Waals surface area (Å²) in [5.41, 5.74) is 0.609. The molecule has 0 saturated heterocycles. The van der Waals surface area contributed by atoms with E-state index >= 15 is 0 Å². The summed E-state index contributed by atoms with van der Waals surface area (Å²) in [6, 6.07) is 1.69. The molecule has 0 bridgehead atoms. The molecular weight excluding hydrogens is 434 g/mol. The normalized spacial score (nSPS) is 19.2. The third-order valence-electron chi connectivity index (χ3n) is 5.90. The molecule has 0 spiro atoms. The molecule has 1 aliphatic carbocycles. The fourth-order valence-electron chi connectivity index (χ4n) is 3.88. The predicted octanol–water partition coefficient (Wildman–Crippen LogP) is 5.35. The topological polar surface area (TPSA) is 88.6 Å². The molecule has 1 fully saturated rings. The van der Waals surface area contributed by atoms with Gasteiger partial charge in [0.1, 0.15) is 30.3 Å². The maximum absolute atomic E-state index is 12.4. The highest BCUT2D eigenvalue weighted by Gasteiger charge is 2.29. The lowest BCUT2D eigenvalue weighted by Crippen LogP contribution is -2.43. The van der Waals surface area contributed by atoms with Crippen molar-refractivity contribution in [3.05, 3.63) is 11.9 Å². The Balaban J connectivity index is 1.87. The van der Waals surface area contributed by atoms with Crippen LogP contribution in [0.1, 0.15) is 58.9 Å². The van der Waals surface area contributed by atoms with Gasteiger partial charge in [-0.25, -0.2) is 14.8 Å². The SMILES string of the molecule is CCc1c(NCOCC[Si](C)(C)C)ncnc1N[C@H]1CC[C@H](N(C)C(=O)OC(C)(C)C)CC1. The molecule has 1 aromatic heterocycles. The van der Waals surface area contributed by atoms with E-state index in [4.69, 9.17) is 9.47 Å². The van der Waals surface area contributed by atoms with Crippen LogP contribution >= 0.6 is 0 Å². The average Bonchev–Trinajstić information content (AvgIpc) is 2.71. The van der Waals surface area contributed by atoms with E-state index in [9.17, 15) is 4.79 Å². The van der Waals surface area contributed by atoms with Gasteiger partial charge in [-0.05, 0) is 58.9 Å². The Morgan fingerprint density at radius 1 is 1.15 bits per heavy atom. The molecule has 8 nitrogen and oxygen atoms in total. The number of hydrogen-bond donors (Lipinski definition) is 2. The molecule has 0 aromatic carbocycles. The number of hydrogen-bond acceptors (Lipinski definition) is 7. The average molecular weight is 480 g/mol. The largest absolute Gasteiger partial charge is 0.444 e. The van der Waals surface area contributed by atoms with Crippen molar-refractivity contribution in [3.63, 3.8) is 0 Å². The molecule has 33 heavy (non-hydrogen) atoms. The van der Waals surface area contributed by atoms with E-state index in [1.165, 1.54) is 0 Å². The minimum absolute atomic E-state index is 0.208. The second-order valence-corrected chi connectivity index (χ2v) is 16.8. The molecular formula is C24H45N5O3Si. The van der Waals surface area contributed by atoms with Crippen LogP contribution in [0.3, 0.4) is 0 Å². The molecule has 1 heterocycles. The Morgan fingerprint density at radius 3 is 2.36 bits per heavy atom. The van der Waals surface area contributed by atoms with Crippen molar-refractivity contribution in [3.8, 4) is 0 Å². The second-order valence-electron chi connectivity index (χ2n) is 11.2. The van der Waals surface area contributed by atoms with Crippen LogP contribution in [0.4, 0.5) is 16.4 Å². The van der Waals surface area contributed by atoms with Crippen LogP contribution in [0.5, 0.6) is 0 Å². The van der Waals surface area contributed by atoms with E-state index in [2.05, 4.69) is 47.2 Å². The third kappa shape index (κ3) is 9.49. The molecule has 1 aromatic rings. The second kappa shape index (κ2) is 12.0. The molecule has 188 valence electrons. The van der Waals surface area contributed by atoms with E-state index in [0.29, 0.717) is 12.8 Å². The number of aromatic nitrogens is 2. The fourth-order valence-corrected chi connectivity index (χ4v) is 4.63. The van der Waals surface area contributed by atoms with Gasteiger partial charge in [-0.1, -0.05) is 26.6 Å².